The van der Waals surface area contributed by atoms with Gasteiger partial charge in [0.25, 0.3) is 0 Å². The van der Waals surface area contributed by atoms with E-state index in [-0.39, 0.29) is 36.1 Å². The lowest BCUT2D eigenvalue weighted by Crippen LogP contribution is -2.60. The third-order valence-corrected chi connectivity index (χ3v) is 7.80. The third kappa shape index (κ3) is 7.36. The van der Waals surface area contributed by atoms with Crippen LogP contribution in [0.4, 0.5) is 4.79 Å². The summed E-state index contributed by atoms with van der Waals surface area (Å²) in [4.78, 5) is 54.5. The summed E-state index contributed by atoms with van der Waals surface area (Å²) in [5, 5.41) is 12.6. The second-order valence-electron chi connectivity index (χ2n) is 12.0. The molecule has 0 aromatic rings. The summed E-state index contributed by atoms with van der Waals surface area (Å²) < 4.78 is 11.2. The number of likely N-dealkylation sites (tertiary alicyclic amines) is 1. The van der Waals surface area contributed by atoms with Gasteiger partial charge in [-0.05, 0) is 57.8 Å². The molecule has 0 spiro atoms. The van der Waals surface area contributed by atoms with E-state index in [2.05, 4.69) is 5.32 Å². The lowest BCUT2D eigenvalue weighted by atomic mass is 9.89. The van der Waals surface area contributed by atoms with Crippen molar-refractivity contribution >= 4 is 23.9 Å². The molecule has 2 fully saturated rings. The number of carbonyl (C=O) groups excluding carboxylic acids is 3. The highest BCUT2D eigenvalue weighted by molar-refractivity contribution is 5.92. The molecule has 1 heterocycles. The van der Waals surface area contributed by atoms with Gasteiger partial charge >= 0.3 is 12.1 Å². The van der Waals surface area contributed by atoms with Crippen molar-refractivity contribution in [2.24, 2.45) is 17.8 Å². The molecule has 0 aromatic carbocycles. The number of rotatable bonds is 11. The van der Waals surface area contributed by atoms with Crippen LogP contribution in [-0.4, -0.2) is 88.8 Å². The maximum absolute atomic E-state index is 13.8. The van der Waals surface area contributed by atoms with Gasteiger partial charge in [-0.2, -0.15) is 0 Å². The zero-order chi connectivity index (χ0) is 28.2. The summed E-state index contributed by atoms with van der Waals surface area (Å²) in [5.74, 6) is -1.40. The molecule has 1 aliphatic heterocycles. The first-order valence-electron chi connectivity index (χ1n) is 13.5. The van der Waals surface area contributed by atoms with Gasteiger partial charge in [0.05, 0.1) is 18.6 Å². The third-order valence-electron chi connectivity index (χ3n) is 7.80. The van der Waals surface area contributed by atoms with Crippen molar-refractivity contribution in [3.8, 4) is 0 Å². The number of hydrogen-bond donors (Lipinski definition) is 2. The van der Waals surface area contributed by atoms with Crippen LogP contribution in [0.1, 0.15) is 80.6 Å². The van der Waals surface area contributed by atoms with Gasteiger partial charge in [0.2, 0.25) is 11.8 Å². The molecule has 2 N–H and O–H groups in total. The number of methoxy groups -OCH3 is 1. The Hall–Kier alpha value is -2.36. The Kier molecular flexibility index (Phi) is 10.4. The van der Waals surface area contributed by atoms with E-state index in [1.54, 1.807) is 32.7 Å². The maximum atomic E-state index is 13.8. The van der Waals surface area contributed by atoms with E-state index in [0.717, 1.165) is 19.3 Å². The minimum absolute atomic E-state index is 0.00193. The second-order valence-corrected chi connectivity index (χ2v) is 12.0. The molecule has 2 bridgehead atoms. The molecule has 2 aliphatic rings. The molecule has 7 atom stereocenters. The highest BCUT2D eigenvalue weighted by atomic mass is 16.6. The summed E-state index contributed by atoms with van der Waals surface area (Å²) in [5.41, 5.74) is -0.639. The summed E-state index contributed by atoms with van der Waals surface area (Å²) in [6.45, 7) is 13.1. The van der Waals surface area contributed by atoms with Crippen LogP contribution in [-0.2, 0) is 23.9 Å². The van der Waals surface area contributed by atoms with Crippen LogP contribution >= 0.6 is 0 Å². The standard InChI is InChI=1S/C27H47N3O7/c1-10-16(4)22(19(36-9)14-20(31)37-27(5,6)7)29(8)25(33)21(15(2)3)28-24(32)23-17-11-12-18(13-17)30(23)26(34)35/h15-19,21-23H,10-14H2,1-9H3,(H,28,32)(H,34,35)/t16-,17-,18+,19+,21-,22-,23-/m0/s1. The van der Waals surface area contributed by atoms with Gasteiger partial charge in [-0.3, -0.25) is 19.3 Å². The first-order valence-corrected chi connectivity index (χ1v) is 13.5. The van der Waals surface area contributed by atoms with Crippen molar-refractivity contribution in [2.45, 2.75) is 116 Å². The quantitative estimate of drug-likeness (QED) is 0.397. The number of esters is 1. The second kappa shape index (κ2) is 12.5. The minimum Gasteiger partial charge on any atom is -0.465 e. The molecule has 37 heavy (non-hydrogen) atoms. The van der Waals surface area contributed by atoms with Crippen molar-refractivity contribution in [1.82, 2.24) is 15.1 Å². The Balaban J connectivity index is 2.24. The zero-order valence-corrected chi connectivity index (χ0v) is 23.9. The molecule has 3 amide bonds. The van der Waals surface area contributed by atoms with E-state index < -0.39 is 47.8 Å². The topological polar surface area (TPSA) is 125 Å². The fraction of sp³-hybridized carbons (Fsp3) is 0.852. The first kappa shape index (κ1) is 30.9. The van der Waals surface area contributed by atoms with E-state index in [0.29, 0.717) is 6.42 Å². The summed E-state index contributed by atoms with van der Waals surface area (Å²) in [7, 11) is 3.18. The molecule has 212 valence electrons. The largest absolute Gasteiger partial charge is 0.465 e. The van der Waals surface area contributed by atoms with Crippen molar-refractivity contribution in [3.63, 3.8) is 0 Å². The van der Waals surface area contributed by atoms with E-state index in [1.165, 1.54) is 12.0 Å². The molecule has 1 saturated carbocycles. The van der Waals surface area contributed by atoms with Gasteiger partial charge in [-0.15, -0.1) is 0 Å². The normalized spacial score (nSPS) is 24.4. The number of amides is 3. The lowest BCUT2D eigenvalue weighted by molar-refractivity contribution is -0.161. The Morgan fingerprint density at radius 1 is 1.14 bits per heavy atom. The summed E-state index contributed by atoms with van der Waals surface area (Å²) in [6.07, 6.45) is 1.28. The minimum atomic E-state index is -1.10. The van der Waals surface area contributed by atoms with E-state index in [1.807, 2.05) is 27.7 Å². The van der Waals surface area contributed by atoms with E-state index in [4.69, 9.17) is 9.47 Å². The number of carbonyl (C=O) groups is 4. The van der Waals surface area contributed by atoms with Crippen molar-refractivity contribution in [3.05, 3.63) is 0 Å². The Bertz CT molecular complexity index is 840. The molecule has 1 saturated heterocycles. The molecule has 1 aliphatic carbocycles. The molecule has 0 radical (unpaired) electrons. The molecule has 2 rings (SSSR count). The number of fused-ring (bicyclic) bond motifs is 2. The summed E-state index contributed by atoms with van der Waals surface area (Å²) >= 11 is 0. The first-order chi connectivity index (χ1) is 17.1. The van der Waals surface area contributed by atoms with Crippen LogP contribution in [0.25, 0.3) is 0 Å². The Morgan fingerprint density at radius 3 is 2.24 bits per heavy atom. The Morgan fingerprint density at radius 2 is 1.76 bits per heavy atom. The highest BCUT2D eigenvalue weighted by Crippen LogP contribution is 2.42. The fourth-order valence-corrected chi connectivity index (χ4v) is 5.85. The predicted molar refractivity (Wildman–Crippen MR) is 139 cm³/mol. The van der Waals surface area contributed by atoms with Crippen LogP contribution in [0.5, 0.6) is 0 Å². The predicted octanol–water partition coefficient (Wildman–Crippen LogP) is 3.28. The number of nitrogens with zero attached hydrogens (tertiary/aromatic N) is 2. The maximum Gasteiger partial charge on any atom is 0.408 e. The van der Waals surface area contributed by atoms with Gasteiger partial charge in [-0.1, -0.05) is 34.1 Å². The zero-order valence-electron chi connectivity index (χ0n) is 23.9. The van der Waals surface area contributed by atoms with Crippen molar-refractivity contribution in [1.29, 1.82) is 0 Å². The van der Waals surface area contributed by atoms with Crippen LogP contribution < -0.4 is 5.32 Å². The fourth-order valence-electron chi connectivity index (χ4n) is 5.85. The number of carboxylic acid groups (broad SMARTS) is 1. The highest BCUT2D eigenvalue weighted by Gasteiger charge is 2.52. The Labute approximate surface area is 221 Å². The number of nitrogens with one attached hydrogen (secondary N) is 1. The van der Waals surface area contributed by atoms with Gasteiger partial charge in [0.1, 0.15) is 17.7 Å². The number of hydrogen-bond acceptors (Lipinski definition) is 6. The lowest BCUT2D eigenvalue weighted by Gasteiger charge is -2.40. The van der Waals surface area contributed by atoms with Gasteiger partial charge in [-0.25, -0.2) is 4.79 Å². The SMILES string of the molecule is CC[C@H](C)[C@@H]([C@@H](CC(=O)OC(C)(C)C)OC)N(C)C(=O)[C@@H](NC(=O)[C@@H]1[C@H]2CC[C@H](C2)N1C(=O)O)C(C)C. The number of likely N-dealkylation sites (N-methyl/N-ethyl adjacent to an activating group) is 1. The molecule has 0 unspecified atom stereocenters. The average Bonchev–Trinajstić information content (AvgIpc) is 3.41. The van der Waals surface area contributed by atoms with Gasteiger partial charge in [0.15, 0.2) is 0 Å². The van der Waals surface area contributed by atoms with Gasteiger partial charge in [0, 0.05) is 20.2 Å². The number of ether oxygens (including phenoxy) is 2. The van der Waals surface area contributed by atoms with Crippen molar-refractivity contribution in [2.75, 3.05) is 14.2 Å². The van der Waals surface area contributed by atoms with E-state index >= 15 is 0 Å². The van der Waals surface area contributed by atoms with E-state index in [9.17, 15) is 24.3 Å². The molecular formula is C27H47N3O7. The van der Waals surface area contributed by atoms with Crippen LogP contribution in [0.15, 0.2) is 0 Å². The number of piperidine rings is 1. The van der Waals surface area contributed by atoms with Gasteiger partial charge < -0.3 is 24.8 Å². The van der Waals surface area contributed by atoms with Crippen LogP contribution in [0.3, 0.4) is 0 Å². The molecular weight excluding hydrogens is 478 g/mol. The van der Waals surface area contributed by atoms with Crippen LogP contribution in [0, 0.1) is 17.8 Å². The van der Waals surface area contributed by atoms with Crippen molar-refractivity contribution < 1.29 is 33.8 Å². The smallest absolute Gasteiger partial charge is 0.408 e. The molecule has 0 aromatic heterocycles. The molecule has 10 nitrogen and oxygen atoms in total. The molecule has 10 heteroatoms. The average molecular weight is 526 g/mol. The van der Waals surface area contributed by atoms with Crippen LogP contribution in [0.2, 0.25) is 0 Å². The monoisotopic (exact) mass is 525 g/mol. The summed E-state index contributed by atoms with van der Waals surface area (Å²) in [6, 6.07) is -2.21.